The number of carboxylic acid groups (broad SMARTS) is 1. The average Bonchev–Trinajstić information content (AvgIpc) is 2.78. The van der Waals surface area contributed by atoms with Gasteiger partial charge in [-0.05, 0) is 25.2 Å². The van der Waals surface area contributed by atoms with Gasteiger partial charge in [0.1, 0.15) is 0 Å². The van der Waals surface area contributed by atoms with E-state index in [9.17, 15) is 4.79 Å². The molecule has 1 aliphatic carbocycles. The van der Waals surface area contributed by atoms with Gasteiger partial charge in [0, 0.05) is 17.9 Å². The Kier molecular flexibility index (Phi) is 3.71. The van der Waals surface area contributed by atoms with Crippen molar-refractivity contribution in [2.75, 3.05) is 5.75 Å². The number of hydrogen-bond donors (Lipinski definition) is 1. The lowest BCUT2D eigenvalue weighted by molar-refractivity contribution is -0.133. The second-order valence-electron chi connectivity index (χ2n) is 5.63. The Balaban J connectivity index is 2.26. The van der Waals surface area contributed by atoms with Crippen molar-refractivity contribution in [2.45, 2.75) is 51.2 Å². The lowest BCUT2D eigenvalue weighted by atomic mass is 9.87. The molecule has 0 saturated heterocycles. The maximum Gasteiger partial charge on any atom is 0.313 e. The van der Waals surface area contributed by atoms with E-state index < -0.39 is 5.97 Å². The van der Waals surface area contributed by atoms with Crippen molar-refractivity contribution < 1.29 is 9.90 Å². The van der Waals surface area contributed by atoms with Crippen LogP contribution in [0.25, 0.3) is 0 Å². The molecule has 1 aromatic heterocycles. The maximum absolute atomic E-state index is 10.7. The SMILES string of the molecule is Cc1cnc(SCC(=O)O)n1C1CCCC1(C)C. The van der Waals surface area contributed by atoms with Gasteiger partial charge in [-0.25, -0.2) is 4.98 Å². The Hall–Kier alpha value is -0.970. The van der Waals surface area contributed by atoms with Gasteiger partial charge in [-0.15, -0.1) is 0 Å². The van der Waals surface area contributed by atoms with Gasteiger partial charge in [-0.2, -0.15) is 0 Å². The summed E-state index contributed by atoms with van der Waals surface area (Å²) in [4.78, 5) is 15.0. The molecule has 1 aromatic rings. The van der Waals surface area contributed by atoms with E-state index in [1.807, 2.05) is 13.1 Å². The zero-order valence-corrected chi connectivity index (χ0v) is 12.0. The van der Waals surface area contributed by atoms with E-state index in [4.69, 9.17) is 5.11 Å². The lowest BCUT2D eigenvalue weighted by Crippen LogP contribution is -2.23. The van der Waals surface area contributed by atoms with E-state index in [1.165, 1.54) is 24.6 Å². The van der Waals surface area contributed by atoms with Crippen LogP contribution in [0, 0.1) is 12.3 Å². The van der Waals surface area contributed by atoms with Crippen LogP contribution in [0.4, 0.5) is 0 Å². The number of nitrogens with zero attached hydrogens (tertiary/aromatic N) is 2. The monoisotopic (exact) mass is 268 g/mol. The van der Waals surface area contributed by atoms with Gasteiger partial charge in [0.25, 0.3) is 0 Å². The van der Waals surface area contributed by atoms with Crippen molar-refractivity contribution >= 4 is 17.7 Å². The Morgan fingerprint density at radius 2 is 2.39 bits per heavy atom. The van der Waals surface area contributed by atoms with E-state index >= 15 is 0 Å². The highest BCUT2D eigenvalue weighted by Gasteiger charge is 2.37. The summed E-state index contributed by atoms with van der Waals surface area (Å²) in [6.45, 7) is 6.62. The molecule has 100 valence electrons. The van der Waals surface area contributed by atoms with Crippen LogP contribution in [0.5, 0.6) is 0 Å². The summed E-state index contributed by atoms with van der Waals surface area (Å²) >= 11 is 1.32. The number of aromatic nitrogens is 2. The van der Waals surface area contributed by atoms with Crippen molar-refractivity contribution in [3.05, 3.63) is 11.9 Å². The number of hydrogen-bond acceptors (Lipinski definition) is 3. The number of imidazole rings is 1. The molecule has 0 radical (unpaired) electrons. The van der Waals surface area contributed by atoms with Crippen LogP contribution in [-0.2, 0) is 4.79 Å². The molecule has 1 aliphatic rings. The maximum atomic E-state index is 10.7. The second-order valence-corrected chi connectivity index (χ2v) is 6.57. The fraction of sp³-hybridized carbons (Fsp3) is 0.692. The Labute approximate surface area is 112 Å². The van der Waals surface area contributed by atoms with Gasteiger partial charge < -0.3 is 9.67 Å². The van der Waals surface area contributed by atoms with E-state index in [0.717, 1.165) is 17.3 Å². The fourth-order valence-electron chi connectivity index (χ4n) is 2.82. The van der Waals surface area contributed by atoms with Crippen LogP contribution in [-0.4, -0.2) is 26.4 Å². The predicted molar refractivity (Wildman–Crippen MR) is 72.0 cm³/mol. The summed E-state index contributed by atoms with van der Waals surface area (Å²) in [5.74, 6) is -0.721. The quantitative estimate of drug-likeness (QED) is 0.852. The van der Waals surface area contributed by atoms with Gasteiger partial charge in [0.15, 0.2) is 5.16 Å². The molecule has 5 heteroatoms. The second kappa shape index (κ2) is 4.96. The highest BCUT2D eigenvalue weighted by molar-refractivity contribution is 7.99. The van der Waals surface area contributed by atoms with Crippen molar-refractivity contribution in [1.82, 2.24) is 9.55 Å². The molecule has 1 N–H and O–H groups in total. The number of rotatable bonds is 4. The van der Waals surface area contributed by atoms with Crippen LogP contribution < -0.4 is 0 Å². The van der Waals surface area contributed by atoms with Gasteiger partial charge in [-0.1, -0.05) is 32.0 Å². The van der Waals surface area contributed by atoms with Crippen molar-refractivity contribution in [1.29, 1.82) is 0 Å². The molecule has 4 nitrogen and oxygen atoms in total. The molecule has 0 aromatic carbocycles. The number of thioether (sulfide) groups is 1. The third kappa shape index (κ3) is 2.55. The summed E-state index contributed by atoms with van der Waals surface area (Å²) in [5.41, 5.74) is 1.40. The minimum absolute atomic E-state index is 0.0730. The molecule has 1 fully saturated rings. The number of carbonyl (C=O) groups is 1. The molecule has 0 aliphatic heterocycles. The van der Waals surface area contributed by atoms with Crippen LogP contribution in [0.1, 0.15) is 44.8 Å². The Morgan fingerprint density at radius 3 is 2.94 bits per heavy atom. The molecular formula is C13H20N2O2S. The molecular weight excluding hydrogens is 248 g/mol. The summed E-state index contributed by atoms with van der Waals surface area (Å²) in [7, 11) is 0. The smallest absolute Gasteiger partial charge is 0.313 e. The standard InChI is InChI=1S/C13H20N2O2S/c1-9-7-14-12(18-8-11(16)17)15(9)10-5-4-6-13(10,2)3/h7,10H,4-6,8H2,1-3H3,(H,16,17). The fourth-order valence-corrected chi connectivity index (χ4v) is 3.61. The molecule has 1 unspecified atom stereocenters. The lowest BCUT2D eigenvalue weighted by Gasteiger charge is -2.30. The number of aliphatic carboxylic acids is 1. The highest BCUT2D eigenvalue weighted by Crippen LogP contribution is 2.47. The topological polar surface area (TPSA) is 55.1 Å². The molecule has 18 heavy (non-hydrogen) atoms. The minimum Gasteiger partial charge on any atom is -0.481 e. The first-order valence-electron chi connectivity index (χ1n) is 6.30. The predicted octanol–water partition coefficient (Wildman–Crippen LogP) is 3.12. The minimum atomic E-state index is -0.794. The molecule has 0 bridgehead atoms. The van der Waals surface area contributed by atoms with Crippen molar-refractivity contribution in [2.24, 2.45) is 5.41 Å². The summed E-state index contributed by atoms with van der Waals surface area (Å²) in [5, 5.41) is 9.63. The molecule has 1 heterocycles. The first kappa shape index (κ1) is 13.5. The van der Waals surface area contributed by atoms with Gasteiger partial charge in [-0.3, -0.25) is 4.79 Å². The summed E-state index contributed by atoms with van der Waals surface area (Å²) < 4.78 is 2.24. The van der Waals surface area contributed by atoms with Crippen LogP contribution in [0.2, 0.25) is 0 Å². The van der Waals surface area contributed by atoms with E-state index in [0.29, 0.717) is 6.04 Å². The Bertz CT molecular complexity index is 454. The first-order valence-corrected chi connectivity index (χ1v) is 7.29. The van der Waals surface area contributed by atoms with Crippen LogP contribution in [0.3, 0.4) is 0 Å². The molecule has 1 atom stereocenters. The average molecular weight is 268 g/mol. The van der Waals surface area contributed by atoms with Gasteiger partial charge in [0.05, 0.1) is 5.75 Å². The van der Waals surface area contributed by atoms with Crippen molar-refractivity contribution in [3.63, 3.8) is 0 Å². The normalized spacial score (nSPS) is 22.3. The number of aryl methyl sites for hydroxylation is 1. The van der Waals surface area contributed by atoms with Crippen LogP contribution >= 0.6 is 11.8 Å². The van der Waals surface area contributed by atoms with Crippen LogP contribution in [0.15, 0.2) is 11.4 Å². The molecule has 0 spiro atoms. The molecule has 2 rings (SSSR count). The van der Waals surface area contributed by atoms with Crippen molar-refractivity contribution in [3.8, 4) is 0 Å². The van der Waals surface area contributed by atoms with E-state index in [1.54, 1.807) is 0 Å². The van der Waals surface area contributed by atoms with E-state index in [-0.39, 0.29) is 11.2 Å². The van der Waals surface area contributed by atoms with Gasteiger partial charge in [0.2, 0.25) is 0 Å². The highest BCUT2D eigenvalue weighted by atomic mass is 32.2. The third-order valence-electron chi connectivity index (χ3n) is 3.79. The van der Waals surface area contributed by atoms with Gasteiger partial charge >= 0.3 is 5.97 Å². The summed E-state index contributed by atoms with van der Waals surface area (Å²) in [6, 6.07) is 0.441. The first-order chi connectivity index (χ1) is 8.42. The largest absolute Gasteiger partial charge is 0.481 e. The molecule has 1 saturated carbocycles. The molecule has 0 amide bonds. The zero-order chi connectivity index (χ0) is 13.3. The third-order valence-corrected chi connectivity index (χ3v) is 4.74. The van der Waals surface area contributed by atoms with E-state index in [2.05, 4.69) is 23.4 Å². The zero-order valence-electron chi connectivity index (χ0n) is 11.1. The number of carboxylic acids is 1. The Morgan fingerprint density at radius 1 is 1.67 bits per heavy atom. The summed E-state index contributed by atoms with van der Waals surface area (Å²) in [6.07, 6.45) is 5.46.